The molecule has 12 heavy (non-hydrogen) atoms. The molecule has 1 rings (SSSR count). The van der Waals surface area contributed by atoms with Crippen molar-refractivity contribution in [1.29, 1.82) is 0 Å². The topological polar surface area (TPSA) is 55.1 Å². The van der Waals surface area contributed by atoms with Crippen LogP contribution >= 0.6 is 0 Å². The molecule has 0 aromatic rings. The van der Waals surface area contributed by atoms with Crippen molar-refractivity contribution in [3.05, 3.63) is 48.4 Å². The maximum Gasteiger partial charge on any atom is 0.250 e. The third-order valence-electron chi connectivity index (χ3n) is 1.46. The molecule has 3 N–H and O–H groups in total. The molecule has 62 valence electrons. The van der Waals surface area contributed by atoms with Crippen LogP contribution in [-0.4, -0.2) is 5.91 Å². The highest BCUT2D eigenvalue weighted by atomic mass is 16.1. The molecule has 0 unspecified atom stereocenters. The van der Waals surface area contributed by atoms with E-state index in [2.05, 4.69) is 11.9 Å². The quantitative estimate of drug-likeness (QED) is 0.624. The third kappa shape index (κ3) is 1.63. The molecule has 0 aliphatic carbocycles. The van der Waals surface area contributed by atoms with Crippen LogP contribution in [0.3, 0.4) is 0 Å². The van der Waals surface area contributed by atoms with Gasteiger partial charge < -0.3 is 11.1 Å². The van der Waals surface area contributed by atoms with Crippen molar-refractivity contribution in [3.8, 4) is 0 Å². The van der Waals surface area contributed by atoms with Crippen molar-refractivity contribution in [3.63, 3.8) is 0 Å². The number of hydrogen-bond donors (Lipinski definition) is 2. The predicted molar refractivity (Wildman–Crippen MR) is 47.8 cm³/mol. The van der Waals surface area contributed by atoms with E-state index in [9.17, 15) is 4.79 Å². The molecule has 0 atom stereocenters. The van der Waals surface area contributed by atoms with Crippen LogP contribution in [0.4, 0.5) is 0 Å². The number of amides is 1. The Morgan fingerprint density at radius 1 is 1.67 bits per heavy atom. The van der Waals surface area contributed by atoms with Gasteiger partial charge in [0.25, 0.3) is 5.91 Å². The molecule has 0 aromatic carbocycles. The summed E-state index contributed by atoms with van der Waals surface area (Å²) >= 11 is 0. The zero-order chi connectivity index (χ0) is 8.97. The lowest BCUT2D eigenvalue weighted by atomic mass is 10.0. The number of carbonyl (C=O) groups excluding carboxylic acids is 1. The van der Waals surface area contributed by atoms with Crippen LogP contribution in [0.1, 0.15) is 0 Å². The van der Waals surface area contributed by atoms with E-state index in [4.69, 9.17) is 5.73 Å². The van der Waals surface area contributed by atoms with Gasteiger partial charge in [0.2, 0.25) is 0 Å². The Kier molecular flexibility index (Phi) is 2.48. The van der Waals surface area contributed by atoms with Crippen molar-refractivity contribution >= 4 is 5.91 Å². The van der Waals surface area contributed by atoms with Crippen LogP contribution in [0.15, 0.2) is 48.4 Å². The summed E-state index contributed by atoms with van der Waals surface area (Å²) in [7, 11) is 0. The van der Waals surface area contributed by atoms with Gasteiger partial charge in [-0.1, -0.05) is 18.7 Å². The molecule has 1 aliphatic rings. The van der Waals surface area contributed by atoms with Gasteiger partial charge >= 0.3 is 0 Å². The van der Waals surface area contributed by atoms with E-state index in [0.29, 0.717) is 5.57 Å². The van der Waals surface area contributed by atoms with Gasteiger partial charge in [-0.25, -0.2) is 0 Å². The molecule has 1 heterocycles. The molecule has 0 bridgehead atoms. The minimum Gasteiger partial charge on any atom is -0.367 e. The number of carbonyl (C=O) groups is 1. The van der Waals surface area contributed by atoms with Gasteiger partial charge in [0, 0.05) is 12.4 Å². The van der Waals surface area contributed by atoms with Crippen LogP contribution in [-0.2, 0) is 4.79 Å². The SMILES string of the molecule is C=C/C=C1/C=CNC=C1C(N)=O. The maximum absolute atomic E-state index is 10.8. The molecule has 0 aromatic heterocycles. The second-order valence-electron chi connectivity index (χ2n) is 2.28. The number of nitrogens with two attached hydrogens (primary N) is 1. The van der Waals surface area contributed by atoms with E-state index in [1.54, 1.807) is 30.6 Å². The normalized spacial score (nSPS) is 18.3. The Hall–Kier alpha value is -1.77. The van der Waals surface area contributed by atoms with Crippen LogP contribution in [0.2, 0.25) is 0 Å². The first-order valence-electron chi connectivity index (χ1n) is 3.51. The first kappa shape index (κ1) is 8.33. The Morgan fingerprint density at radius 3 is 3.00 bits per heavy atom. The Balaban J connectivity index is 2.98. The summed E-state index contributed by atoms with van der Waals surface area (Å²) in [5.74, 6) is -0.444. The maximum atomic E-state index is 10.8. The molecule has 0 spiro atoms. The first-order chi connectivity index (χ1) is 5.75. The van der Waals surface area contributed by atoms with Gasteiger partial charge in [0.05, 0.1) is 5.57 Å². The van der Waals surface area contributed by atoms with E-state index >= 15 is 0 Å². The fourth-order valence-electron chi connectivity index (χ4n) is 0.928. The molecule has 0 radical (unpaired) electrons. The van der Waals surface area contributed by atoms with Gasteiger partial charge in [0.15, 0.2) is 0 Å². The zero-order valence-corrected chi connectivity index (χ0v) is 6.58. The fourth-order valence-corrected chi connectivity index (χ4v) is 0.928. The number of primary amides is 1. The Morgan fingerprint density at radius 2 is 2.42 bits per heavy atom. The van der Waals surface area contributed by atoms with Crippen LogP contribution < -0.4 is 11.1 Å². The summed E-state index contributed by atoms with van der Waals surface area (Å²) in [6.07, 6.45) is 8.40. The highest BCUT2D eigenvalue weighted by Gasteiger charge is 2.09. The molecule has 0 fully saturated rings. The molecular formula is C9H10N2O. The van der Waals surface area contributed by atoms with E-state index < -0.39 is 5.91 Å². The summed E-state index contributed by atoms with van der Waals surface area (Å²) in [5, 5.41) is 2.79. The summed E-state index contributed by atoms with van der Waals surface area (Å²) in [5.41, 5.74) is 6.38. The molecule has 0 saturated carbocycles. The van der Waals surface area contributed by atoms with Gasteiger partial charge in [-0.2, -0.15) is 0 Å². The van der Waals surface area contributed by atoms with Crippen molar-refractivity contribution < 1.29 is 4.79 Å². The van der Waals surface area contributed by atoms with Gasteiger partial charge in [-0.15, -0.1) is 0 Å². The van der Waals surface area contributed by atoms with Crippen molar-refractivity contribution in [2.24, 2.45) is 5.73 Å². The summed E-state index contributed by atoms with van der Waals surface area (Å²) in [4.78, 5) is 10.8. The molecular weight excluding hydrogens is 152 g/mol. The molecule has 3 nitrogen and oxygen atoms in total. The van der Waals surface area contributed by atoms with Gasteiger partial charge in [-0.3, -0.25) is 4.79 Å². The van der Waals surface area contributed by atoms with Crippen molar-refractivity contribution in [1.82, 2.24) is 5.32 Å². The van der Waals surface area contributed by atoms with E-state index in [-0.39, 0.29) is 0 Å². The second-order valence-corrected chi connectivity index (χ2v) is 2.28. The zero-order valence-electron chi connectivity index (χ0n) is 6.58. The lowest BCUT2D eigenvalue weighted by Crippen LogP contribution is -2.19. The molecule has 3 heteroatoms. The lowest BCUT2D eigenvalue weighted by Gasteiger charge is -2.08. The number of rotatable bonds is 2. The largest absolute Gasteiger partial charge is 0.367 e. The summed E-state index contributed by atoms with van der Waals surface area (Å²) in [6.45, 7) is 3.54. The Labute approximate surface area is 70.9 Å². The Bertz CT molecular complexity index is 298. The van der Waals surface area contributed by atoms with E-state index in [1.807, 2.05) is 0 Å². The molecule has 0 saturated heterocycles. The third-order valence-corrected chi connectivity index (χ3v) is 1.46. The smallest absolute Gasteiger partial charge is 0.250 e. The average molecular weight is 162 g/mol. The lowest BCUT2D eigenvalue weighted by molar-refractivity contribution is -0.114. The van der Waals surface area contributed by atoms with Crippen LogP contribution in [0, 0.1) is 0 Å². The second kappa shape index (κ2) is 3.57. The average Bonchev–Trinajstić information content (AvgIpc) is 2.05. The number of hydrogen-bond acceptors (Lipinski definition) is 2. The summed E-state index contributed by atoms with van der Waals surface area (Å²) in [6, 6.07) is 0. The van der Waals surface area contributed by atoms with Crippen molar-refractivity contribution in [2.75, 3.05) is 0 Å². The number of nitrogens with one attached hydrogen (secondary N) is 1. The highest BCUT2D eigenvalue weighted by molar-refractivity contribution is 5.97. The van der Waals surface area contributed by atoms with Gasteiger partial charge in [-0.05, 0) is 11.6 Å². The summed E-state index contributed by atoms with van der Waals surface area (Å²) < 4.78 is 0. The minimum atomic E-state index is -0.444. The fraction of sp³-hybridized carbons (Fsp3) is 0. The molecule has 1 aliphatic heterocycles. The first-order valence-corrected chi connectivity index (χ1v) is 3.51. The van der Waals surface area contributed by atoms with E-state index in [0.717, 1.165) is 5.57 Å². The van der Waals surface area contributed by atoms with Crippen LogP contribution in [0.25, 0.3) is 0 Å². The highest BCUT2D eigenvalue weighted by Crippen LogP contribution is 2.13. The number of allylic oxidation sites excluding steroid dienone is 3. The predicted octanol–water partition coefficient (Wildman–Crippen LogP) is 0.585. The number of dihydropyridines is 1. The minimum absolute atomic E-state index is 0.444. The van der Waals surface area contributed by atoms with Crippen molar-refractivity contribution in [2.45, 2.75) is 0 Å². The molecule has 1 amide bonds. The standard InChI is InChI=1S/C9H10N2O/c1-2-3-7-4-5-11-6-8(7)9(10)12/h2-6,11H,1H2,(H2,10,12)/b7-3-. The van der Waals surface area contributed by atoms with Crippen LogP contribution in [0.5, 0.6) is 0 Å². The van der Waals surface area contributed by atoms with Gasteiger partial charge in [0.1, 0.15) is 0 Å². The monoisotopic (exact) mass is 162 g/mol. The van der Waals surface area contributed by atoms with E-state index in [1.165, 1.54) is 0 Å².